The number of halogens is 1. The Morgan fingerprint density at radius 1 is 1.54 bits per heavy atom. The number of thiophene rings is 1. The van der Waals surface area contributed by atoms with Gasteiger partial charge in [0.2, 0.25) is 0 Å². The van der Waals surface area contributed by atoms with Crippen LogP contribution in [0.3, 0.4) is 0 Å². The SMILES string of the molecule is Clc1ccc(SC2CCCNC2)s1. The molecule has 1 atom stereocenters. The summed E-state index contributed by atoms with van der Waals surface area (Å²) in [6.07, 6.45) is 2.63. The Morgan fingerprint density at radius 3 is 3.08 bits per heavy atom. The Labute approximate surface area is 91.9 Å². The van der Waals surface area contributed by atoms with Crippen LogP contribution in [0.1, 0.15) is 12.8 Å². The van der Waals surface area contributed by atoms with Crippen molar-refractivity contribution in [3.63, 3.8) is 0 Å². The second-order valence-electron chi connectivity index (χ2n) is 3.14. The fraction of sp³-hybridized carbons (Fsp3) is 0.556. The van der Waals surface area contributed by atoms with Gasteiger partial charge in [-0.15, -0.1) is 23.1 Å². The van der Waals surface area contributed by atoms with Gasteiger partial charge < -0.3 is 5.32 Å². The molecule has 2 heterocycles. The zero-order valence-electron chi connectivity index (χ0n) is 7.25. The topological polar surface area (TPSA) is 12.0 Å². The largest absolute Gasteiger partial charge is 0.316 e. The van der Waals surface area contributed by atoms with Gasteiger partial charge in [0, 0.05) is 11.8 Å². The van der Waals surface area contributed by atoms with Crippen LogP contribution in [-0.2, 0) is 0 Å². The molecule has 1 fully saturated rings. The summed E-state index contributed by atoms with van der Waals surface area (Å²) in [6.45, 7) is 2.32. The first kappa shape index (κ1) is 9.84. The first-order valence-electron chi connectivity index (χ1n) is 4.47. The van der Waals surface area contributed by atoms with Gasteiger partial charge >= 0.3 is 0 Å². The molecule has 0 bridgehead atoms. The summed E-state index contributed by atoms with van der Waals surface area (Å²) in [4.78, 5) is 0. The molecular weight excluding hydrogens is 222 g/mol. The molecule has 0 amide bonds. The third kappa shape index (κ3) is 2.88. The summed E-state index contributed by atoms with van der Waals surface area (Å²) in [5, 5.41) is 4.15. The third-order valence-corrected chi connectivity index (χ3v) is 4.75. The van der Waals surface area contributed by atoms with E-state index in [2.05, 4.69) is 11.4 Å². The molecule has 1 N–H and O–H groups in total. The van der Waals surface area contributed by atoms with Gasteiger partial charge in [0.1, 0.15) is 0 Å². The lowest BCUT2D eigenvalue weighted by atomic mass is 10.2. The zero-order chi connectivity index (χ0) is 9.10. The number of nitrogens with one attached hydrogen (secondary N) is 1. The quantitative estimate of drug-likeness (QED) is 0.842. The Kier molecular flexibility index (Phi) is 3.55. The summed E-state index contributed by atoms with van der Waals surface area (Å²) >= 11 is 9.51. The van der Waals surface area contributed by atoms with Gasteiger partial charge in [-0.3, -0.25) is 0 Å². The second kappa shape index (κ2) is 4.69. The molecule has 1 aliphatic rings. The molecule has 0 aromatic carbocycles. The van der Waals surface area contributed by atoms with Crippen molar-refractivity contribution >= 4 is 34.7 Å². The van der Waals surface area contributed by atoms with Gasteiger partial charge in [-0.05, 0) is 31.5 Å². The van der Waals surface area contributed by atoms with E-state index in [1.807, 2.05) is 17.8 Å². The highest BCUT2D eigenvalue weighted by Crippen LogP contribution is 2.34. The van der Waals surface area contributed by atoms with Gasteiger partial charge in [0.15, 0.2) is 0 Å². The van der Waals surface area contributed by atoms with Gasteiger partial charge in [-0.1, -0.05) is 11.6 Å². The van der Waals surface area contributed by atoms with E-state index in [0.717, 1.165) is 16.1 Å². The van der Waals surface area contributed by atoms with Crippen molar-refractivity contribution in [3.05, 3.63) is 16.5 Å². The molecule has 0 saturated carbocycles. The summed E-state index contributed by atoms with van der Waals surface area (Å²) in [5.41, 5.74) is 0. The van der Waals surface area contributed by atoms with Crippen molar-refractivity contribution in [3.8, 4) is 0 Å². The van der Waals surface area contributed by atoms with E-state index >= 15 is 0 Å². The molecular formula is C9H12ClNS2. The number of rotatable bonds is 2. The van der Waals surface area contributed by atoms with Gasteiger partial charge in [0.25, 0.3) is 0 Å². The van der Waals surface area contributed by atoms with E-state index in [1.54, 1.807) is 11.3 Å². The maximum atomic E-state index is 5.87. The van der Waals surface area contributed by atoms with Crippen LogP contribution in [0.25, 0.3) is 0 Å². The first-order chi connectivity index (χ1) is 6.34. The highest BCUT2D eigenvalue weighted by atomic mass is 35.5. The highest BCUT2D eigenvalue weighted by molar-refractivity contribution is 8.01. The lowest BCUT2D eigenvalue weighted by Gasteiger charge is -2.21. The number of thioether (sulfide) groups is 1. The van der Waals surface area contributed by atoms with E-state index in [0.29, 0.717) is 0 Å². The summed E-state index contributed by atoms with van der Waals surface area (Å²) in [5.74, 6) is 0. The van der Waals surface area contributed by atoms with Crippen LogP contribution < -0.4 is 5.32 Å². The zero-order valence-corrected chi connectivity index (χ0v) is 9.64. The van der Waals surface area contributed by atoms with Crippen molar-refractivity contribution in [2.24, 2.45) is 0 Å². The van der Waals surface area contributed by atoms with Gasteiger partial charge in [-0.2, -0.15) is 0 Å². The molecule has 13 heavy (non-hydrogen) atoms. The van der Waals surface area contributed by atoms with Crippen LogP contribution in [0.2, 0.25) is 4.34 Å². The molecule has 1 aliphatic heterocycles. The predicted octanol–water partition coefficient (Wildman–Crippen LogP) is 3.25. The molecule has 0 aliphatic carbocycles. The second-order valence-corrected chi connectivity index (χ2v) is 6.46. The molecule has 4 heteroatoms. The average Bonchev–Trinajstić information content (AvgIpc) is 2.53. The van der Waals surface area contributed by atoms with Crippen LogP contribution in [0.4, 0.5) is 0 Å². The maximum Gasteiger partial charge on any atom is 0.0940 e. The maximum absolute atomic E-state index is 5.87. The third-order valence-electron chi connectivity index (χ3n) is 2.08. The van der Waals surface area contributed by atoms with Crippen molar-refractivity contribution in [2.45, 2.75) is 22.3 Å². The first-order valence-corrected chi connectivity index (χ1v) is 6.55. The van der Waals surface area contributed by atoms with E-state index in [9.17, 15) is 0 Å². The van der Waals surface area contributed by atoms with Crippen molar-refractivity contribution < 1.29 is 0 Å². The molecule has 1 aromatic rings. The smallest absolute Gasteiger partial charge is 0.0940 e. The molecule has 0 spiro atoms. The van der Waals surface area contributed by atoms with Crippen LogP contribution in [0.5, 0.6) is 0 Å². The van der Waals surface area contributed by atoms with E-state index < -0.39 is 0 Å². The Balaban J connectivity index is 1.89. The standard InChI is InChI=1S/C9H12ClNS2/c10-8-3-4-9(13-8)12-7-2-1-5-11-6-7/h3-4,7,11H,1-2,5-6H2. The summed E-state index contributed by atoms with van der Waals surface area (Å²) in [7, 11) is 0. The minimum atomic E-state index is 0.739. The lowest BCUT2D eigenvalue weighted by Crippen LogP contribution is -2.31. The van der Waals surface area contributed by atoms with Crippen LogP contribution in [-0.4, -0.2) is 18.3 Å². The Hall–Kier alpha value is 0.300. The Morgan fingerprint density at radius 2 is 2.46 bits per heavy atom. The molecule has 2 rings (SSSR count). The van der Waals surface area contributed by atoms with Crippen LogP contribution in [0.15, 0.2) is 16.3 Å². The molecule has 0 radical (unpaired) electrons. The summed E-state index contributed by atoms with van der Waals surface area (Å²) in [6, 6.07) is 4.09. The lowest BCUT2D eigenvalue weighted by molar-refractivity contribution is 0.531. The number of piperidine rings is 1. The minimum absolute atomic E-state index is 0.739. The fourth-order valence-corrected chi connectivity index (χ4v) is 4.19. The van der Waals surface area contributed by atoms with E-state index in [4.69, 9.17) is 11.6 Å². The van der Waals surface area contributed by atoms with Crippen LogP contribution >= 0.6 is 34.7 Å². The number of hydrogen-bond donors (Lipinski definition) is 1. The monoisotopic (exact) mass is 233 g/mol. The Bertz CT molecular complexity index is 268. The normalized spacial score (nSPS) is 23.3. The number of hydrogen-bond acceptors (Lipinski definition) is 3. The highest BCUT2D eigenvalue weighted by Gasteiger charge is 2.14. The minimum Gasteiger partial charge on any atom is -0.316 e. The average molecular weight is 234 g/mol. The molecule has 1 nitrogen and oxygen atoms in total. The fourth-order valence-electron chi connectivity index (χ4n) is 1.45. The van der Waals surface area contributed by atoms with Gasteiger partial charge in [0.05, 0.1) is 8.55 Å². The van der Waals surface area contributed by atoms with Crippen LogP contribution in [0, 0.1) is 0 Å². The molecule has 1 unspecified atom stereocenters. The van der Waals surface area contributed by atoms with E-state index in [-0.39, 0.29) is 0 Å². The summed E-state index contributed by atoms with van der Waals surface area (Å²) < 4.78 is 2.24. The molecule has 72 valence electrons. The molecule has 1 saturated heterocycles. The van der Waals surface area contributed by atoms with Crippen molar-refractivity contribution in [2.75, 3.05) is 13.1 Å². The van der Waals surface area contributed by atoms with Crippen molar-refractivity contribution in [1.82, 2.24) is 5.32 Å². The van der Waals surface area contributed by atoms with Gasteiger partial charge in [-0.25, -0.2) is 0 Å². The van der Waals surface area contributed by atoms with E-state index in [1.165, 1.54) is 23.6 Å². The predicted molar refractivity (Wildman–Crippen MR) is 61.1 cm³/mol. The van der Waals surface area contributed by atoms with Crippen molar-refractivity contribution in [1.29, 1.82) is 0 Å². The molecule has 1 aromatic heterocycles.